The highest BCUT2D eigenvalue weighted by molar-refractivity contribution is 5.70. The summed E-state index contributed by atoms with van der Waals surface area (Å²) in [5.41, 5.74) is 0. The van der Waals surface area contributed by atoms with E-state index < -0.39 is 6.10 Å². The Morgan fingerprint density at radius 1 is 0.375 bits per heavy atom. The van der Waals surface area contributed by atoms with E-state index in [0.29, 0.717) is 26.1 Å². The molecule has 0 saturated carbocycles. The molecule has 0 aromatic rings. The summed E-state index contributed by atoms with van der Waals surface area (Å²) in [6.45, 7) is 7.86. The van der Waals surface area contributed by atoms with Gasteiger partial charge in [-0.1, -0.05) is 232 Å². The van der Waals surface area contributed by atoms with Crippen LogP contribution in [0.2, 0.25) is 0 Å². The summed E-state index contributed by atoms with van der Waals surface area (Å²) in [7, 11) is 0. The summed E-state index contributed by atoms with van der Waals surface area (Å²) >= 11 is 0. The van der Waals surface area contributed by atoms with E-state index in [1.165, 1.54) is 212 Å². The van der Waals surface area contributed by atoms with Crippen molar-refractivity contribution in [2.24, 2.45) is 0 Å². The number of hydrogen-bond donors (Lipinski definition) is 0. The van der Waals surface area contributed by atoms with E-state index in [2.05, 4.69) is 32.9 Å². The van der Waals surface area contributed by atoms with Crippen LogP contribution in [0.25, 0.3) is 0 Å². The summed E-state index contributed by atoms with van der Waals surface area (Å²) in [5, 5.41) is 0. The number of ether oxygens (including phenoxy) is 3. The summed E-state index contributed by atoms with van der Waals surface area (Å²) < 4.78 is 17.3. The quantitative estimate of drug-likeness (QED) is 0.0349. The van der Waals surface area contributed by atoms with Gasteiger partial charge in [-0.25, -0.2) is 0 Å². The Morgan fingerprint density at radius 2 is 0.696 bits per heavy atom. The van der Waals surface area contributed by atoms with E-state index in [0.717, 1.165) is 32.1 Å². The van der Waals surface area contributed by atoms with Crippen LogP contribution in [-0.4, -0.2) is 37.9 Å². The molecule has 0 aromatic carbocycles. The maximum Gasteiger partial charge on any atom is 0.306 e. The van der Waals surface area contributed by atoms with Crippen molar-refractivity contribution < 1.29 is 23.8 Å². The molecule has 0 radical (unpaired) electrons. The van der Waals surface area contributed by atoms with Gasteiger partial charge in [0.05, 0.1) is 6.61 Å². The Hall–Kier alpha value is -1.36. The van der Waals surface area contributed by atoms with Crippen LogP contribution in [0, 0.1) is 0 Å². The minimum absolute atomic E-state index is 0.0930. The number of allylic oxidation sites excluding steroid dienone is 2. The standard InChI is InChI=1S/C51H98O5/c1-4-7-10-13-16-19-21-23-24-25-26-27-28-29-30-33-35-38-41-44-50(52)55-48-49(56-51(53)45-42-39-36-32-18-15-12-9-6-3)47-54-46-43-40-37-34-31-22-20-17-14-11-8-5-2/h23-24,49H,4-22,25-48H2,1-3H3/b24-23-. The first-order chi connectivity index (χ1) is 27.6. The second kappa shape index (κ2) is 48.0. The minimum Gasteiger partial charge on any atom is -0.462 e. The number of esters is 2. The van der Waals surface area contributed by atoms with Crippen LogP contribution in [-0.2, 0) is 23.8 Å². The third-order valence-electron chi connectivity index (χ3n) is 11.3. The van der Waals surface area contributed by atoms with E-state index in [1.807, 2.05) is 0 Å². The third kappa shape index (κ3) is 45.3. The van der Waals surface area contributed by atoms with Gasteiger partial charge in [0, 0.05) is 19.4 Å². The van der Waals surface area contributed by atoms with Crippen molar-refractivity contribution in [3.8, 4) is 0 Å². The monoisotopic (exact) mass is 791 g/mol. The van der Waals surface area contributed by atoms with Crippen molar-refractivity contribution in [2.45, 2.75) is 284 Å². The first-order valence-corrected chi connectivity index (χ1v) is 25.2. The maximum absolute atomic E-state index is 12.7. The van der Waals surface area contributed by atoms with Gasteiger partial charge < -0.3 is 14.2 Å². The first-order valence-electron chi connectivity index (χ1n) is 25.2. The maximum atomic E-state index is 12.7. The number of carbonyl (C=O) groups is 2. The molecule has 0 aromatic heterocycles. The second-order valence-corrected chi connectivity index (χ2v) is 17.1. The van der Waals surface area contributed by atoms with Crippen molar-refractivity contribution in [3.63, 3.8) is 0 Å². The fourth-order valence-corrected chi connectivity index (χ4v) is 7.51. The number of carbonyl (C=O) groups excluding carboxylic acids is 2. The lowest BCUT2D eigenvalue weighted by molar-refractivity contribution is -0.163. The third-order valence-corrected chi connectivity index (χ3v) is 11.3. The molecule has 332 valence electrons. The van der Waals surface area contributed by atoms with Crippen LogP contribution in [0.4, 0.5) is 0 Å². The van der Waals surface area contributed by atoms with E-state index in [4.69, 9.17) is 14.2 Å². The Balaban J connectivity index is 4.10. The molecular weight excluding hydrogens is 693 g/mol. The molecule has 0 saturated heterocycles. The van der Waals surface area contributed by atoms with Crippen molar-refractivity contribution in [1.29, 1.82) is 0 Å². The lowest BCUT2D eigenvalue weighted by Gasteiger charge is -2.18. The van der Waals surface area contributed by atoms with Crippen LogP contribution < -0.4 is 0 Å². The van der Waals surface area contributed by atoms with Gasteiger partial charge >= 0.3 is 11.9 Å². The van der Waals surface area contributed by atoms with Crippen LogP contribution in [0.1, 0.15) is 278 Å². The summed E-state index contributed by atoms with van der Waals surface area (Å²) in [6.07, 6.45) is 53.6. The molecule has 1 unspecified atom stereocenters. The molecule has 0 aliphatic heterocycles. The van der Waals surface area contributed by atoms with Gasteiger partial charge in [0.25, 0.3) is 0 Å². The number of hydrogen-bond acceptors (Lipinski definition) is 5. The van der Waals surface area contributed by atoms with Crippen LogP contribution >= 0.6 is 0 Å². The number of unbranched alkanes of at least 4 members (excludes halogenated alkanes) is 34. The highest BCUT2D eigenvalue weighted by atomic mass is 16.6. The number of rotatable bonds is 47. The molecule has 0 aliphatic rings. The molecule has 0 rings (SSSR count). The molecule has 5 heteroatoms. The van der Waals surface area contributed by atoms with E-state index >= 15 is 0 Å². The molecule has 5 nitrogen and oxygen atoms in total. The minimum atomic E-state index is -0.525. The molecule has 0 aliphatic carbocycles. The first kappa shape index (κ1) is 54.6. The summed E-state index contributed by atoms with van der Waals surface area (Å²) in [6, 6.07) is 0. The van der Waals surface area contributed by atoms with Crippen molar-refractivity contribution in [1.82, 2.24) is 0 Å². The molecular formula is C51H98O5. The van der Waals surface area contributed by atoms with Gasteiger partial charge in [-0.2, -0.15) is 0 Å². The van der Waals surface area contributed by atoms with Crippen LogP contribution in [0.15, 0.2) is 12.2 Å². The Morgan fingerprint density at radius 3 is 1.09 bits per heavy atom. The zero-order valence-corrected chi connectivity index (χ0v) is 38.2. The van der Waals surface area contributed by atoms with E-state index in [-0.39, 0.29) is 18.5 Å². The van der Waals surface area contributed by atoms with E-state index in [1.54, 1.807) is 0 Å². The van der Waals surface area contributed by atoms with Gasteiger partial charge in [-0.05, 0) is 44.9 Å². The second-order valence-electron chi connectivity index (χ2n) is 17.1. The zero-order valence-electron chi connectivity index (χ0n) is 38.2. The van der Waals surface area contributed by atoms with Gasteiger partial charge in [-0.15, -0.1) is 0 Å². The Labute approximate surface area is 350 Å². The van der Waals surface area contributed by atoms with Crippen molar-refractivity contribution >= 4 is 11.9 Å². The Bertz CT molecular complexity index is 810. The lowest BCUT2D eigenvalue weighted by atomic mass is 10.1. The summed E-state index contributed by atoms with van der Waals surface area (Å²) in [4.78, 5) is 25.3. The molecule has 0 bridgehead atoms. The lowest BCUT2D eigenvalue weighted by Crippen LogP contribution is -2.30. The molecule has 0 spiro atoms. The van der Waals surface area contributed by atoms with Gasteiger partial charge in [0.1, 0.15) is 6.61 Å². The fourth-order valence-electron chi connectivity index (χ4n) is 7.51. The van der Waals surface area contributed by atoms with Crippen molar-refractivity contribution in [2.75, 3.05) is 19.8 Å². The largest absolute Gasteiger partial charge is 0.462 e. The molecule has 0 amide bonds. The zero-order chi connectivity index (χ0) is 40.7. The molecule has 0 fully saturated rings. The normalized spacial score (nSPS) is 12.1. The highest BCUT2D eigenvalue weighted by Crippen LogP contribution is 2.15. The van der Waals surface area contributed by atoms with Gasteiger partial charge in [0.2, 0.25) is 0 Å². The fraction of sp³-hybridized carbons (Fsp3) is 0.922. The summed E-state index contributed by atoms with van der Waals surface area (Å²) in [5.74, 6) is -0.384. The predicted octanol–water partition coefficient (Wildman–Crippen LogP) is 16.7. The van der Waals surface area contributed by atoms with Crippen LogP contribution in [0.3, 0.4) is 0 Å². The molecule has 0 heterocycles. The smallest absolute Gasteiger partial charge is 0.306 e. The highest BCUT2D eigenvalue weighted by Gasteiger charge is 2.17. The molecule has 1 atom stereocenters. The van der Waals surface area contributed by atoms with Gasteiger partial charge in [-0.3, -0.25) is 9.59 Å². The predicted molar refractivity (Wildman–Crippen MR) is 242 cm³/mol. The van der Waals surface area contributed by atoms with Crippen LogP contribution in [0.5, 0.6) is 0 Å². The van der Waals surface area contributed by atoms with Gasteiger partial charge in [0.15, 0.2) is 6.10 Å². The van der Waals surface area contributed by atoms with E-state index in [9.17, 15) is 9.59 Å². The topological polar surface area (TPSA) is 61.8 Å². The molecule has 0 N–H and O–H groups in total. The van der Waals surface area contributed by atoms with Crippen molar-refractivity contribution in [3.05, 3.63) is 12.2 Å². The average Bonchev–Trinajstić information content (AvgIpc) is 3.20. The average molecular weight is 791 g/mol. The SMILES string of the molecule is CCCCCCCC/C=C\CCCCCCCCCCCC(=O)OCC(COCCCCCCCCCCCCCC)OC(=O)CCCCCCCCCCC. The Kier molecular flexibility index (Phi) is 46.8. The molecule has 56 heavy (non-hydrogen) atoms.